The van der Waals surface area contributed by atoms with Crippen molar-refractivity contribution in [2.45, 2.75) is 0 Å². The van der Waals surface area contributed by atoms with Crippen molar-refractivity contribution < 1.29 is 9.90 Å². The highest BCUT2D eigenvalue weighted by Gasteiger charge is 2.19. The normalized spacial score (nSPS) is 10.1. The van der Waals surface area contributed by atoms with E-state index >= 15 is 0 Å². The average Bonchev–Trinajstić information content (AvgIpc) is 2.78. The third-order valence-electron chi connectivity index (χ3n) is 2.12. The minimum atomic E-state index is -1.06. The van der Waals surface area contributed by atoms with Crippen molar-refractivity contribution in [2.75, 3.05) is 11.9 Å². The second-order valence-corrected chi connectivity index (χ2v) is 3.86. The summed E-state index contributed by atoms with van der Waals surface area (Å²) < 4.78 is 3.66. The van der Waals surface area contributed by atoms with E-state index in [1.54, 1.807) is 11.9 Å². The second-order valence-electron chi connectivity index (χ2n) is 3.13. The van der Waals surface area contributed by atoms with E-state index in [1.807, 2.05) is 30.3 Å². The van der Waals surface area contributed by atoms with Crippen LogP contribution in [0.2, 0.25) is 0 Å². The van der Waals surface area contributed by atoms with Gasteiger partial charge in [0.15, 0.2) is 5.00 Å². The number of aromatic carboxylic acids is 1. The molecule has 0 amide bonds. The third-order valence-corrected chi connectivity index (χ3v) is 2.92. The van der Waals surface area contributed by atoms with Crippen LogP contribution in [0.5, 0.6) is 0 Å². The molecule has 0 radical (unpaired) electrons. The van der Waals surface area contributed by atoms with Crippen molar-refractivity contribution >= 4 is 28.2 Å². The molecule has 1 N–H and O–H groups in total. The molecule has 2 rings (SSSR count). The van der Waals surface area contributed by atoms with Gasteiger partial charge in [0.05, 0.1) is 0 Å². The van der Waals surface area contributed by atoms with Crippen molar-refractivity contribution in [3.63, 3.8) is 0 Å². The Labute approximate surface area is 96.1 Å². The summed E-state index contributed by atoms with van der Waals surface area (Å²) in [5, 5.41) is 13.0. The molecule has 1 heterocycles. The number of para-hydroxylation sites is 1. The van der Waals surface area contributed by atoms with Crippen molar-refractivity contribution in [3.8, 4) is 0 Å². The molecule has 2 aromatic rings. The Kier molecular flexibility index (Phi) is 2.82. The second kappa shape index (κ2) is 4.28. The number of carboxylic acid groups (broad SMARTS) is 1. The highest BCUT2D eigenvalue weighted by atomic mass is 32.1. The number of hydrogen-bond acceptors (Lipinski definition) is 5. The Morgan fingerprint density at radius 2 is 2.06 bits per heavy atom. The fraction of sp³-hybridized carbons (Fsp3) is 0.100. The van der Waals surface area contributed by atoms with Crippen molar-refractivity contribution in [1.82, 2.24) is 9.59 Å². The zero-order valence-electron chi connectivity index (χ0n) is 8.49. The Morgan fingerprint density at radius 1 is 1.38 bits per heavy atom. The number of carbonyl (C=O) groups is 1. The molecule has 0 bridgehead atoms. The molecule has 16 heavy (non-hydrogen) atoms. The van der Waals surface area contributed by atoms with Gasteiger partial charge >= 0.3 is 5.97 Å². The van der Waals surface area contributed by atoms with Crippen molar-refractivity contribution in [3.05, 3.63) is 36.0 Å². The molecule has 0 aliphatic rings. The smallest absolute Gasteiger partial charge is 0.359 e. The van der Waals surface area contributed by atoms with E-state index in [9.17, 15) is 4.79 Å². The van der Waals surface area contributed by atoms with Crippen LogP contribution in [0, 0.1) is 0 Å². The lowest BCUT2D eigenvalue weighted by atomic mass is 10.3. The van der Waals surface area contributed by atoms with Gasteiger partial charge in [0.2, 0.25) is 5.69 Å². The highest BCUT2D eigenvalue weighted by molar-refractivity contribution is 7.10. The molecule has 0 atom stereocenters. The van der Waals surface area contributed by atoms with Crippen LogP contribution in [-0.4, -0.2) is 27.7 Å². The van der Waals surface area contributed by atoms with Gasteiger partial charge < -0.3 is 10.0 Å². The van der Waals surface area contributed by atoms with E-state index < -0.39 is 5.97 Å². The van der Waals surface area contributed by atoms with E-state index in [1.165, 1.54) is 0 Å². The fourth-order valence-corrected chi connectivity index (χ4v) is 1.95. The predicted octanol–water partition coefficient (Wildman–Crippen LogP) is 2.00. The van der Waals surface area contributed by atoms with Gasteiger partial charge in [-0.05, 0) is 12.1 Å². The Hall–Kier alpha value is -1.95. The van der Waals surface area contributed by atoms with E-state index in [0.29, 0.717) is 5.00 Å². The quantitative estimate of drug-likeness (QED) is 0.881. The molecule has 82 valence electrons. The van der Waals surface area contributed by atoms with Gasteiger partial charge in [0.1, 0.15) is 0 Å². The lowest BCUT2D eigenvalue weighted by Gasteiger charge is -2.16. The van der Waals surface area contributed by atoms with Gasteiger partial charge in [-0.2, -0.15) is 0 Å². The van der Waals surface area contributed by atoms with Crippen LogP contribution in [-0.2, 0) is 0 Å². The van der Waals surface area contributed by atoms with Crippen molar-refractivity contribution in [1.29, 1.82) is 0 Å². The van der Waals surface area contributed by atoms with Gasteiger partial charge in [-0.15, -0.1) is 5.10 Å². The standard InChI is InChI=1S/C10H9N3O2S/c1-13(7-5-3-2-4-6-7)9-8(10(14)15)11-12-16-9/h2-6H,1H3,(H,14,15). The van der Waals surface area contributed by atoms with Gasteiger partial charge in [-0.3, -0.25) is 0 Å². The summed E-state index contributed by atoms with van der Waals surface area (Å²) in [5.41, 5.74) is 0.882. The fourth-order valence-electron chi connectivity index (χ4n) is 1.31. The topological polar surface area (TPSA) is 66.3 Å². The number of nitrogens with zero attached hydrogens (tertiary/aromatic N) is 3. The Balaban J connectivity index is 2.38. The van der Waals surface area contributed by atoms with E-state index in [4.69, 9.17) is 5.11 Å². The average molecular weight is 235 g/mol. The first-order valence-corrected chi connectivity index (χ1v) is 5.32. The Bertz CT molecular complexity index is 498. The maximum absolute atomic E-state index is 10.9. The summed E-state index contributed by atoms with van der Waals surface area (Å²) in [4.78, 5) is 12.7. The molecular weight excluding hydrogens is 226 g/mol. The maximum atomic E-state index is 10.9. The number of carboxylic acids is 1. The number of hydrogen-bond donors (Lipinski definition) is 1. The first-order chi connectivity index (χ1) is 7.70. The van der Waals surface area contributed by atoms with Gasteiger partial charge in [0, 0.05) is 24.3 Å². The first kappa shape index (κ1) is 10.6. The lowest BCUT2D eigenvalue weighted by molar-refractivity contribution is 0.0691. The number of anilines is 2. The molecule has 1 aromatic carbocycles. The molecule has 1 aromatic heterocycles. The minimum Gasteiger partial charge on any atom is -0.476 e. The van der Waals surface area contributed by atoms with Crippen LogP contribution in [0.1, 0.15) is 10.5 Å². The van der Waals surface area contributed by atoms with Crippen LogP contribution < -0.4 is 4.90 Å². The zero-order valence-corrected chi connectivity index (χ0v) is 9.31. The highest BCUT2D eigenvalue weighted by Crippen LogP contribution is 2.28. The number of rotatable bonds is 3. The Morgan fingerprint density at radius 3 is 2.69 bits per heavy atom. The minimum absolute atomic E-state index is 0.0173. The predicted molar refractivity (Wildman–Crippen MR) is 61.4 cm³/mol. The SMILES string of the molecule is CN(c1ccccc1)c1snnc1C(=O)O. The summed E-state index contributed by atoms with van der Waals surface area (Å²) in [6.07, 6.45) is 0. The van der Waals surface area contributed by atoms with Crippen LogP contribution in [0.15, 0.2) is 30.3 Å². The maximum Gasteiger partial charge on any atom is 0.359 e. The van der Waals surface area contributed by atoms with E-state index in [-0.39, 0.29) is 5.69 Å². The largest absolute Gasteiger partial charge is 0.476 e. The van der Waals surface area contributed by atoms with Crippen molar-refractivity contribution in [2.24, 2.45) is 0 Å². The van der Waals surface area contributed by atoms with Gasteiger partial charge in [-0.25, -0.2) is 4.79 Å². The first-order valence-electron chi connectivity index (χ1n) is 4.54. The van der Waals surface area contributed by atoms with Gasteiger partial charge in [0.25, 0.3) is 0 Å². The summed E-state index contributed by atoms with van der Waals surface area (Å²) in [6, 6.07) is 9.47. The summed E-state index contributed by atoms with van der Waals surface area (Å²) >= 11 is 1.06. The monoisotopic (exact) mass is 235 g/mol. The molecule has 0 fully saturated rings. The molecule has 0 saturated heterocycles. The molecule has 5 nitrogen and oxygen atoms in total. The lowest BCUT2D eigenvalue weighted by Crippen LogP contribution is -2.12. The van der Waals surface area contributed by atoms with Crippen LogP contribution in [0.4, 0.5) is 10.7 Å². The molecule has 0 aliphatic carbocycles. The number of aromatic nitrogens is 2. The molecular formula is C10H9N3O2S. The zero-order chi connectivity index (χ0) is 11.5. The van der Waals surface area contributed by atoms with E-state index in [2.05, 4.69) is 9.59 Å². The van der Waals surface area contributed by atoms with E-state index in [0.717, 1.165) is 17.2 Å². The molecule has 0 aliphatic heterocycles. The number of benzene rings is 1. The molecule has 6 heteroatoms. The third kappa shape index (κ3) is 1.87. The van der Waals surface area contributed by atoms with Crippen LogP contribution in [0.25, 0.3) is 0 Å². The summed E-state index contributed by atoms with van der Waals surface area (Å²) in [6.45, 7) is 0. The van der Waals surface area contributed by atoms with Gasteiger partial charge in [-0.1, -0.05) is 22.7 Å². The summed E-state index contributed by atoms with van der Waals surface area (Å²) in [5.74, 6) is -1.06. The van der Waals surface area contributed by atoms with Crippen LogP contribution >= 0.6 is 11.5 Å². The summed E-state index contributed by atoms with van der Waals surface area (Å²) in [7, 11) is 1.79. The van der Waals surface area contributed by atoms with Crippen LogP contribution in [0.3, 0.4) is 0 Å². The molecule has 0 unspecified atom stereocenters. The molecule has 0 spiro atoms. The molecule has 0 saturated carbocycles.